The van der Waals surface area contributed by atoms with Crippen LogP contribution in [0, 0.1) is 6.92 Å². The number of benzene rings is 1. The van der Waals surface area contributed by atoms with Crippen molar-refractivity contribution >= 4 is 10.1 Å². The van der Waals surface area contributed by atoms with E-state index >= 15 is 0 Å². The predicted molar refractivity (Wildman–Crippen MR) is 47.1 cm³/mol. The third kappa shape index (κ3) is 2.71. The highest BCUT2D eigenvalue weighted by atomic mass is 32.2. The largest absolute Gasteiger partial charge is 0.494 e. The SMILES string of the molecule is [CH2]COc1ccc(S(=O)(=O)O)cc1. The molecule has 0 atom stereocenters. The zero-order valence-corrected chi connectivity index (χ0v) is 7.62. The average molecular weight is 201 g/mol. The molecule has 0 saturated heterocycles. The van der Waals surface area contributed by atoms with Crippen molar-refractivity contribution in [3.8, 4) is 5.75 Å². The first-order valence-electron chi connectivity index (χ1n) is 3.53. The summed E-state index contributed by atoms with van der Waals surface area (Å²) in [6.07, 6.45) is 0. The Hall–Kier alpha value is -1.07. The van der Waals surface area contributed by atoms with Gasteiger partial charge in [0.05, 0.1) is 11.5 Å². The highest BCUT2D eigenvalue weighted by molar-refractivity contribution is 7.85. The molecule has 0 amide bonds. The summed E-state index contributed by atoms with van der Waals surface area (Å²) in [4.78, 5) is -0.149. The Morgan fingerprint density at radius 3 is 2.23 bits per heavy atom. The highest BCUT2D eigenvalue weighted by Crippen LogP contribution is 2.15. The first-order valence-corrected chi connectivity index (χ1v) is 4.97. The normalized spacial score (nSPS) is 11.2. The molecule has 0 unspecified atom stereocenters. The fraction of sp³-hybridized carbons (Fsp3) is 0.125. The molecule has 0 aliphatic rings. The van der Waals surface area contributed by atoms with Gasteiger partial charge in [0.2, 0.25) is 0 Å². The van der Waals surface area contributed by atoms with E-state index in [0.29, 0.717) is 5.75 Å². The number of hydrogen-bond acceptors (Lipinski definition) is 3. The van der Waals surface area contributed by atoms with Crippen molar-refractivity contribution < 1.29 is 17.7 Å². The lowest BCUT2D eigenvalue weighted by molar-refractivity contribution is 0.360. The first kappa shape index (κ1) is 10.0. The van der Waals surface area contributed by atoms with Gasteiger partial charge in [-0.3, -0.25) is 4.55 Å². The molecular weight excluding hydrogens is 192 g/mol. The summed E-state index contributed by atoms with van der Waals surface area (Å²) in [5.41, 5.74) is 0. The van der Waals surface area contributed by atoms with Crippen LogP contribution in [0.25, 0.3) is 0 Å². The van der Waals surface area contributed by atoms with Crippen LogP contribution in [0.15, 0.2) is 29.2 Å². The van der Waals surface area contributed by atoms with E-state index in [1.54, 1.807) is 0 Å². The monoisotopic (exact) mass is 201 g/mol. The Morgan fingerprint density at radius 1 is 1.31 bits per heavy atom. The fourth-order valence-electron chi connectivity index (χ4n) is 0.826. The van der Waals surface area contributed by atoms with Gasteiger partial charge in [0.1, 0.15) is 5.75 Å². The minimum Gasteiger partial charge on any atom is -0.494 e. The van der Waals surface area contributed by atoms with E-state index in [-0.39, 0.29) is 11.5 Å². The molecule has 5 heteroatoms. The van der Waals surface area contributed by atoms with Crippen LogP contribution in [-0.4, -0.2) is 19.6 Å². The van der Waals surface area contributed by atoms with E-state index in [2.05, 4.69) is 6.92 Å². The van der Waals surface area contributed by atoms with Crippen LogP contribution in [0.5, 0.6) is 5.75 Å². The molecule has 71 valence electrons. The van der Waals surface area contributed by atoms with Crippen LogP contribution < -0.4 is 4.74 Å². The summed E-state index contributed by atoms with van der Waals surface area (Å²) in [7, 11) is -4.11. The average Bonchev–Trinajstić information content (AvgIpc) is 2.04. The molecule has 0 bridgehead atoms. The van der Waals surface area contributed by atoms with E-state index in [1.165, 1.54) is 24.3 Å². The van der Waals surface area contributed by atoms with Crippen molar-refractivity contribution in [1.82, 2.24) is 0 Å². The second-order valence-corrected chi connectivity index (χ2v) is 3.72. The molecule has 0 saturated carbocycles. The molecule has 1 radical (unpaired) electrons. The molecule has 1 N–H and O–H groups in total. The van der Waals surface area contributed by atoms with Gasteiger partial charge in [0.15, 0.2) is 0 Å². The van der Waals surface area contributed by atoms with Gasteiger partial charge in [-0.1, -0.05) is 0 Å². The topological polar surface area (TPSA) is 63.6 Å². The van der Waals surface area contributed by atoms with Crippen molar-refractivity contribution in [3.63, 3.8) is 0 Å². The second kappa shape index (κ2) is 3.76. The summed E-state index contributed by atoms with van der Waals surface area (Å²) >= 11 is 0. The van der Waals surface area contributed by atoms with E-state index in [0.717, 1.165) is 0 Å². The Bertz CT molecular complexity index is 366. The van der Waals surface area contributed by atoms with Gasteiger partial charge >= 0.3 is 0 Å². The molecule has 4 nitrogen and oxygen atoms in total. The summed E-state index contributed by atoms with van der Waals surface area (Å²) in [5.74, 6) is 0.516. The van der Waals surface area contributed by atoms with Crippen molar-refractivity contribution in [2.75, 3.05) is 6.61 Å². The van der Waals surface area contributed by atoms with Crippen molar-refractivity contribution in [1.29, 1.82) is 0 Å². The van der Waals surface area contributed by atoms with Gasteiger partial charge in [0, 0.05) is 0 Å². The molecule has 0 aromatic heterocycles. The number of rotatable bonds is 3. The summed E-state index contributed by atoms with van der Waals surface area (Å²) < 4.78 is 34.8. The maximum Gasteiger partial charge on any atom is 0.294 e. The fourth-order valence-corrected chi connectivity index (χ4v) is 1.31. The van der Waals surface area contributed by atoms with Gasteiger partial charge in [0.25, 0.3) is 10.1 Å². The molecule has 13 heavy (non-hydrogen) atoms. The highest BCUT2D eigenvalue weighted by Gasteiger charge is 2.08. The minimum absolute atomic E-state index is 0.149. The maximum atomic E-state index is 10.6. The molecule has 0 spiro atoms. The van der Waals surface area contributed by atoms with E-state index in [1.807, 2.05) is 0 Å². The van der Waals surface area contributed by atoms with E-state index < -0.39 is 10.1 Å². The van der Waals surface area contributed by atoms with Crippen LogP contribution in [0.1, 0.15) is 0 Å². The Balaban J connectivity index is 2.94. The van der Waals surface area contributed by atoms with Crippen LogP contribution in [0.4, 0.5) is 0 Å². The lowest BCUT2D eigenvalue weighted by Crippen LogP contribution is -1.98. The minimum atomic E-state index is -4.11. The summed E-state index contributed by atoms with van der Waals surface area (Å²) in [6.45, 7) is 3.73. The second-order valence-electron chi connectivity index (χ2n) is 2.29. The van der Waals surface area contributed by atoms with Crippen LogP contribution >= 0.6 is 0 Å². The van der Waals surface area contributed by atoms with Crippen LogP contribution in [0.3, 0.4) is 0 Å². The van der Waals surface area contributed by atoms with Crippen molar-refractivity contribution in [2.45, 2.75) is 4.90 Å². The molecule has 1 rings (SSSR count). The first-order chi connectivity index (χ1) is 6.04. The predicted octanol–water partition coefficient (Wildman–Crippen LogP) is 1.15. The number of ether oxygens (including phenoxy) is 1. The maximum absolute atomic E-state index is 10.6. The van der Waals surface area contributed by atoms with Crippen molar-refractivity contribution in [3.05, 3.63) is 31.2 Å². The Labute approximate surface area is 76.9 Å². The zero-order chi connectivity index (χ0) is 9.90. The molecule has 0 fully saturated rings. The van der Waals surface area contributed by atoms with Crippen molar-refractivity contribution in [2.24, 2.45) is 0 Å². The summed E-state index contributed by atoms with van der Waals surface area (Å²) in [6, 6.07) is 5.43. The third-order valence-corrected chi connectivity index (χ3v) is 2.26. The lowest BCUT2D eigenvalue weighted by atomic mass is 10.3. The van der Waals surface area contributed by atoms with E-state index in [9.17, 15) is 8.42 Å². The van der Waals surface area contributed by atoms with Crippen LogP contribution in [0.2, 0.25) is 0 Å². The van der Waals surface area contributed by atoms with Gasteiger partial charge in [-0.05, 0) is 31.2 Å². The molecule has 1 aromatic rings. The Kier molecular flexibility index (Phi) is 2.90. The van der Waals surface area contributed by atoms with Gasteiger partial charge in [-0.2, -0.15) is 8.42 Å². The van der Waals surface area contributed by atoms with Crippen LogP contribution in [-0.2, 0) is 10.1 Å². The standard InChI is InChI=1S/C8H9O4S/c1-2-12-7-3-5-8(6-4-7)13(9,10)11/h3-6H,1-2H2,(H,9,10,11). The number of hydrogen-bond donors (Lipinski definition) is 1. The Morgan fingerprint density at radius 2 is 1.85 bits per heavy atom. The molecular formula is C8H9O4S. The quantitative estimate of drug-likeness (QED) is 0.745. The molecule has 1 aromatic carbocycles. The lowest BCUT2D eigenvalue weighted by Gasteiger charge is -2.02. The third-order valence-electron chi connectivity index (χ3n) is 1.39. The van der Waals surface area contributed by atoms with E-state index in [4.69, 9.17) is 9.29 Å². The smallest absolute Gasteiger partial charge is 0.294 e. The summed E-state index contributed by atoms with van der Waals surface area (Å²) in [5, 5.41) is 0. The van der Waals surface area contributed by atoms with Gasteiger partial charge in [-0.25, -0.2) is 0 Å². The van der Waals surface area contributed by atoms with Gasteiger partial charge < -0.3 is 4.74 Å². The molecule has 0 aliphatic heterocycles. The molecule has 0 heterocycles. The van der Waals surface area contributed by atoms with Gasteiger partial charge in [-0.15, -0.1) is 0 Å². The molecule has 0 aliphatic carbocycles. The zero-order valence-electron chi connectivity index (χ0n) is 6.80.